The van der Waals surface area contributed by atoms with Gasteiger partial charge in [0.25, 0.3) is 0 Å². The first kappa shape index (κ1) is 12.3. The molecule has 4 nitrogen and oxygen atoms in total. The van der Waals surface area contributed by atoms with Gasteiger partial charge < -0.3 is 14.6 Å². The van der Waals surface area contributed by atoms with Crippen molar-refractivity contribution in [3.05, 3.63) is 23.8 Å². The molecule has 86 valence electrons. The summed E-state index contributed by atoms with van der Waals surface area (Å²) in [6, 6.07) is 7.45. The fraction of sp³-hybridized carbons (Fsp3) is 0.417. The molecule has 1 N–H and O–H groups in total. The first-order valence-electron chi connectivity index (χ1n) is 4.99. The van der Waals surface area contributed by atoms with E-state index in [9.17, 15) is 0 Å². The van der Waals surface area contributed by atoms with Crippen LogP contribution < -0.4 is 9.47 Å². The molecular weight excluding hydrogens is 206 g/mol. The van der Waals surface area contributed by atoms with Crippen molar-refractivity contribution in [3.8, 4) is 17.6 Å². The van der Waals surface area contributed by atoms with Gasteiger partial charge in [0.1, 0.15) is 11.5 Å². The van der Waals surface area contributed by atoms with Gasteiger partial charge in [-0.25, -0.2) is 0 Å². The third-order valence-corrected chi connectivity index (χ3v) is 2.39. The zero-order chi connectivity index (χ0) is 12.0. The van der Waals surface area contributed by atoms with Gasteiger partial charge in [0.2, 0.25) is 0 Å². The number of ether oxygens (including phenoxy) is 2. The van der Waals surface area contributed by atoms with Crippen LogP contribution in [0.1, 0.15) is 17.9 Å². The van der Waals surface area contributed by atoms with Gasteiger partial charge in [-0.2, -0.15) is 5.26 Å². The topological polar surface area (TPSA) is 62.5 Å². The molecule has 1 atom stereocenters. The van der Waals surface area contributed by atoms with Gasteiger partial charge in [-0.1, -0.05) is 0 Å². The zero-order valence-corrected chi connectivity index (χ0v) is 9.43. The first-order chi connectivity index (χ1) is 7.76. The molecule has 0 aliphatic heterocycles. The second-order valence-electron chi connectivity index (χ2n) is 3.30. The summed E-state index contributed by atoms with van der Waals surface area (Å²) in [4.78, 5) is 0. The van der Waals surface area contributed by atoms with E-state index in [1.54, 1.807) is 32.4 Å². The van der Waals surface area contributed by atoms with Crippen LogP contribution in [0.25, 0.3) is 0 Å². The first-order valence-corrected chi connectivity index (χ1v) is 4.99. The average molecular weight is 221 g/mol. The maximum Gasteiger partial charge on any atom is 0.123 e. The molecule has 1 aromatic carbocycles. The minimum absolute atomic E-state index is 0.0292. The van der Waals surface area contributed by atoms with Gasteiger partial charge in [0, 0.05) is 12.2 Å². The van der Waals surface area contributed by atoms with Gasteiger partial charge in [-0.3, -0.25) is 0 Å². The summed E-state index contributed by atoms with van der Waals surface area (Å²) in [5.74, 6) is 0.935. The van der Waals surface area contributed by atoms with Crippen LogP contribution in [0.2, 0.25) is 0 Å². The summed E-state index contributed by atoms with van der Waals surface area (Å²) < 4.78 is 10.3. The lowest BCUT2D eigenvalue weighted by Gasteiger charge is -2.13. The molecule has 0 radical (unpaired) electrons. The van der Waals surface area contributed by atoms with Gasteiger partial charge in [-0.05, 0) is 24.6 Å². The van der Waals surface area contributed by atoms with Gasteiger partial charge in [0.05, 0.1) is 26.2 Å². The Labute approximate surface area is 95.0 Å². The van der Waals surface area contributed by atoms with Gasteiger partial charge in [-0.15, -0.1) is 0 Å². The Balaban J connectivity index is 3.11. The van der Waals surface area contributed by atoms with Crippen molar-refractivity contribution in [2.45, 2.75) is 12.3 Å². The number of aliphatic hydroxyl groups is 1. The number of aliphatic hydroxyl groups excluding tert-OH is 1. The maximum absolute atomic E-state index is 9.04. The van der Waals surface area contributed by atoms with E-state index < -0.39 is 0 Å². The third kappa shape index (κ3) is 2.65. The molecule has 0 fully saturated rings. The van der Waals surface area contributed by atoms with Crippen LogP contribution in [-0.4, -0.2) is 25.9 Å². The lowest BCUT2D eigenvalue weighted by molar-refractivity contribution is 0.282. The molecule has 1 rings (SSSR count). The summed E-state index contributed by atoms with van der Waals surface area (Å²) in [6.45, 7) is -0.0292. The molecule has 16 heavy (non-hydrogen) atoms. The molecule has 0 aliphatic carbocycles. The highest BCUT2D eigenvalue weighted by molar-refractivity contribution is 5.44. The highest BCUT2D eigenvalue weighted by Crippen LogP contribution is 2.31. The van der Waals surface area contributed by atoms with E-state index in [0.717, 1.165) is 5.56 Å². The van der Waals surface area contributed by atoms with E-state index >= 15 is 0 Å². The van der Waals surface area contributed by atoms with Crippen molar-refractivity contribution >= 4 is 0 Å². The third-order valence-electron chi connectivity index (χ3n) is 2.39. The van der Waals surface area contributed by atoms with Gasteiger partial charge in [0.15, 0.2) is 0 Å². The average Bonchev–Trinajstić information content (AvgIpc) is 2.35. The van der Waals surface area contributed by atoms with Crippen LogP contribution in [0.4, 0.5) is 0 Å². The van der Waals surface area contributed by atoms with Crippen molar-refractivity contribution in [2.75, 3.05) is 20.8 Å². The highest BCUT2D eigenvalue weighted by atomic mass is 16.5. The minimum Gasteiger partial charge on any atom is -0.497 e. The number of rotatable bonds is 5. The predicted molar refractivity (Wildman–Crippen MR) is 59.6 cm³/mol. The van der Waals surface area contributed by atoms with Crippen LogP contribution in [-0.2, 0) is 0 Å². The quantitative estimate of drug-likeness (QED) is 0.821. The largest absolute Gasteiger partial charge is 0.497 e. The van der Waals surface area contributed by atoms with E-state index in [0.29, 0.717) is 17.9 Å². The van der Waals surface area contributed by atoms with E-state index in [4.69, 9.17) is 19.8 Å². The standard InChI is InChI=1S/C12H15NO3/c1-15-10-3-4-12(16-2)11(7-10)9(8-13)5-6-14/h3-4,7,9,14H,5-6H2,1-2H3. The molecule has 0 saturated heterocycles. The molecule has 0 spiro atoms. The summed E-state index contributed by atoms with van der Waals surface area (Å²) in [5.41, 5.74) is 0.749. The van der Waals surface area contributed by atoms with Crippen LogP contribution in [0.5, 0.6) is 11.5 Å². The van der Waals surface area contributed by atoms with E-state index in [2.05, 4.69) is 6.07 Å². The molecule has 0 saturated carbocycles. The van der Waals surface area contributed by atoms with Gasteiger partial charge >= 0.3 is 0 Å². The Hall–Kier alpha value is -1.73. The van der Waals surface area contributed by atoms with E-state index in [1.807, 2.05) is 0 Å². The fourth-order valence-corrected chi connectivity index (χ4v) is 1.53. The summed E-state index contributed by atoms with van der Waals surface area (Å²) in [7, 11) is 3.12. The second-order valence-corrected chi connectivity index (χ2v) is 3.30. The van der Waals surface area contributed by atoms with Crippen molar-refractivity contribution in [1.82, 2.24) is 0 Å². The molecule has 1 aromatic rings. The lowest BCUT2D eigenvalue weighted by atomic mass is 9.96. The molecule has 0 heterocycles. The van der Waals surface area contributed by atoms with E-state index in [1.165, 1.54) is 0 Å². The molecule has 0 amide bonds. The van der Waals surface area contributed by atoms with Crippen LogP contribution in [0, 0.1) is 11.3 Å². The monoisotopic (exact) mass is 221 g/mol. The van der Waals surface area contributed by atoms with Crippen LogP contribution >= 0.6 is 0 Å². The number of hydrogen-bond acceptors (Lipinski definition) is 4. The number of nitriles is 1. The molecule has 0 bridgehead atoms. The number of benzene rings is 1. The number of methoxy groups -OCH3 is 2. The number of hydrogen-bond donors (Lipinski definition) is 1. The fourth-order valence-electron chi connectivity index (χ4n) is 1.53. The van der Waals surface area contributed by atoms with E-state index in [-0.39, 0.29) is 12.5 Å². The maximum atomic E-state index is 9.04. The molecule has 4 heteroatoms. The molecule has 0 aromatic heterocycles. The van der Waals surface area contributed by atoms with Crippen LogP contribution in [0.15, 0.2) is 18.2 Å². The number of nitrogens with zero attached hydrogens (tertiary/aromatic N) is 1. The Morgan fingerprint density at radius 1 is 1.38 bits per heavy atom. The second kappa shape index (κ2) is 5.99. The smallest absolute Gasteiger partial charge is 0.123 e. The van der Waals surface area contributed by atoms with Crippen molar-refractivity contribution in [3.63, 3.8) is 0 Å². The summed E-state index contributed by atoms with van der Waals surface area (Å²) in [6.07, 6.45) is 0.389. The molecule has 0 aliphatic rings. The Kier molecular flexibility index (Phi) is 4.62. The SMILES string of the molecule is COc1ccc(OC)c(C(C#N)CCO)c1. The predicted octanol–water partition coefficient (Wildman–Crippen LogP) is 1.69. The summed E-state index contributed by atoms with van der Waals surface area (Å²) in [5, 5.41) is 17.9. The van der Waals surface area contributed by atoms with Crippen LogP contribution in [0.3, 0.4) is 0 Å². The highest BCUT2D eigenvalue weighted by Gasteiger charge is 2.16. The normalized spacial score (nSPS) is 11.6. The Morgan fingerprint density at radius 2 is 2.12 bits per heavy atom. The zero-order valence-electron chi connectivity index (χ0n) is 9.43. The Morgan fingerprint density at radius 3 is 2.62 bits per heavy atom. The minimum atomic E-state index is -0.380. The van der Waals surface area contributed by atoms with Crippen molar-refractivity contribution < 1.29 is 14.6 Å². The van der Waals surface area contributed by atoms with Crippen molar-refractivity contribution in [2.24, 2.45) is 0 Å². The van der Waals surface area contributed by atoms with Crippen molar-refractivity contribution in [1.29, 1.82) is 5.26 Å². The molecular formula is C12H15NO3. The lowest BCUT2D eigenvalue weighted by Crippen LogP contribution is -2.02. The molecule has 1 unspecified atom stereocenters. The Bertz CT molecular complexity index is 384. The summed E-state index contributed by atoms with van der Waals surface area (Å²) >= 11 is 0.